The Hall–Kier alpha value is -1.83. The quantitative estimate of drug-likeness (QED) is 0.391. The van der Waals surface area contributed by atoms with Crippen LogP contribution in [0.25, 0.3) is 15.9 Å². The maximum absolute atomic E-state index is 13.7. The molecule has 31 heavy (non-hydrogen) atoms. The molecule has 164 valence electrons. The molecular formula is C23H26ClN3O2S2. The number of thiophene rings is 1. The van der Waals surface area contributed by atoms with Crippen LogP contribution in [0.3, 0.4) is 0 Å². The summed E-state index contributed by atoms with van der Waals surface area (Å²) in [7, 11) is 0. The maximum atomic E-state index is 13.7. The molecule has 2 unspecified atom stereocenters. The summed E-state index contributed by atoms with van der Waals surface area (Å²) in [4.78, 5) is 33.0. The molecule has 0 saturated carbocycles. The summed E-state index contributed by atoms with van der Waals surface area (Å²) in [5, 5.41) is 4.84. The van der Waals surface area contributed by atoms with E-state index in [4.69, 9.17) is 16.6 Å². The molecule has 0 radical (unpaired) electrons. The van der Waals surface area contributed by atoms with E-state index >= 15 is 0 Å². The third-order valence-electron chi connectivity index (χ3n) is 5.74. The molecule has 0 fully saturated rings. The molecule has 2 aromatic heterocycles. The second kappa shape index (κ2) is 9.35. The molecule has 2 heterocycles. The number of aryl methyl sites for hydroxylation is 1. The second-order valence-electron chi connectivity index (χ2n) is 8.21. The number of carbonyl (C=O) groups excluding carboxylic acids is 1. The SMILES string of the molecule is CCC(C)NC(=O)CSc1nc2sc3c(c2c(=O)n1-c1ccc(Cl)cc1)CCC(C)C3. The highest BCUT2D eigenvalue weighted by Crippen LogP contribution is 2.37. The van der Waals surface area contributed by atoms with Crippen molar-refractivity contribution in [2.24, 2.45) is 5.92 Å². The van der Waals surface area contributed by atoms with E-state index in [-0.39, 0.29) is 23.3 Å². The van der Waals surface area contributed by atoms with Gasteiger partial charge in [0.2, 0.25) is 5.91 Å². The third-order valence-corrected chi connectivity index (χ3v) is 8.07. The van der Waals surface area contributed by atoms with Gasteiger partial charge in [0.25, 0.3) is 5.56 Å². The molecule has 0 aliphatic heterocycles. The molecule has 5 nitrogen and oxygen atoms in total. The van der Waals surface area contributed by atoms with E-state index in [1.54, 1.807) is 28.0 Å². The average Bonchev–Trinajstić information content (AvgIpc) is 3.10. The Bertz CT molecular complexity index is 1170. The van der Waals surface area contributed by atoms with Crippen LogP contribution in [0.4, 0.5) is 0 Å². The van der Waals surface area contributed by atoms with E-state index in [1.165, 1.54) is 16.6 Å². The van der Waals surface area contributed by atoms with Gasteiger partial charge in [-0.25, -0.2) is 4.98 Å². The van der Waals surface area contributed by atoms with Crippen molar-refractivity contribution < 1.29 is 4.79 Å². The van der Waals surface area contributed by atoms with Crippen LogP contribution in [0.1, 0.15) is 44.1 Å². The van der Waals surface area contributed by atoms with Gasteiger partial charge in [-0.05, 0) is 68.4 Å². The Labute approximate surface area is 195 Å². The molecule has 1 N–H and O–H groups in total. The molecule has 0 saturated heterocycles. The van der Waals surface area contributed by atoms with Gasteiger partial charge in [-0.2, -0.15) is 0 Å². The largest absolute Gasteiger partial charge is 0.353 e. The molecule has 1 aliphatic rings. The molecule has 0 bridgehead atoms. The van der Waals surface area contributed by atoms with Crippen molar-refractivity contribution >= 4 is 50.8 Å². The molecule has 3 aromatic rings. The van der Waals surface area contributed by atoms with E-state index in [2.05, 4.69) is 12.2 Å². The van der Waals surface area contributed by atoms with Crippen molar-refractivity contribution in [2.45, 2.75) is 57.7 Å². The number of amides is 1. The van der Waals surface area contributed by atoms with Crippen molar-refractivity contribution in [3.05, 3.63) is 50.1 Å². The lowest BCUT2D eigenvalue weighted by Gasteiger charge is -2.18. The first kappa shape index (κ1) is 22.4. The van der Waals surface area contributed by atoms with E-state index in [9.17, 15) is 9.59 Å². The fourth-order valence-corrected chi connectivity index (χ4v) is 6.21. The number of hydrogen-bond acceptors (Lipinski definition) is 5. The lowest BCUT2D eigenvalue weighted by atomic mass is 9.89. The van der Waals surface area contributed by atoms with Crippen LogP contribution < -0.4 is 10.9 Å². The predicted octanol–water partition coefficient (Wildman–Crippen LogP) is 5.23. The highest BCUT2D eigenvalue weighted by atomic mass is 35.5. The number of nitrogens with zero attached hydrogens (tertiary/aromatic N) is 2. The number of nitrogens with one attached hydrogen (secondary N) is 1. The molecule has 4 rings (SSSR count). The Balaban J connectivity index is 1.79. The van der Waals surface area contributed by atoms with Crippen LogP contribution >= 0.6 is 34.7 Å². The van der Waals surface area contributed by atoms with Crippen molar-refractivity contribution in [2.75, 3.05) is 5.75 Å². The van der Waals surface area contributed by atoms with Crippen LogP contribution in [0.2, 0.25) is 5.02 Å². The van der Waals surface area contributed by atoms with Crippen molar-refractivity contribution in [3.8, 4) is 5.69 Å². The summed E-state index contributed by atoms with van der Waals surface area (Å²) in [5.41, 5.74) is 1.80. The molecule has 1 aliphatic carbocycles. The Kier molecular flexibility index (Phi) is 6.74. The van der Waals surface area contributed by atoms with Crippen molar-refractivity contribution in [1.29, 1.82) is 0 Å². The zero-order valence-corrected chi connectivity index (χ0v) is 20.3. The number of thioether (sulfide) groups is 1. The molecule has 0 spiro atoms. The average molecular weight is 476 g/mol. The first-order valence-corrected chi connectivity index (χ1v) is 12.8. The molecular weight excluding hydrogens is 450 g/mol. The number of halogens is 1. The summed E-state index contributed by atoms with van der Waals surface area (Å²) in [6.07, 6.45) is 3.87. The van der Waals surface area contributed by atoms with Gasteiger partial charge in [-0.3, -0.25) is 14.2 Å². The fraction of sp³-hybridized carbons (Fsp3) is 0.435. The van der Waals surface area contributed by atoms with Gasteiger partial charge in [-0.1, -0.05) is 37.2 Å². The zero-order chi connectivity index (χ0) is 22.1. The van der Waals surface area contributed by atoms with Crippen molar-refractivity contribution in [3.63, 3.8) is 0 Å². The number of benzene rings is 1. The minimum atomic E-state index is -0.0655. The first-order valence-electron chi connectivity index (χ1n) is 10.6. The molecule has 2 atom stereocenters. The Morgan fingerprint density at radius 1 is 1.39 bits per heavy atom. The molecule has 1 aromatic carbocycles. The predicted molar refractivity (Wildman–Crippen MR) is 130 cm³/mol. The Morgan fingerprint density at radius 2 is 2.13 bits per heavy atom. The van der Waals surface area contributed by atoms with Crippen LogP contribution in [-0.2, 0) is 17.6 Å². The summed E-state index contributed by atoms with van der Waals surface area (Å²) in [6, 6.07) is 7.29. The van der Waals surface area contributed by atoms with Gasteiger partial charge in [0, 0.05) is 15.9 Å². The normalized spacial score (nSPS) is 16.8. The van der Waals surface area contributed by atoms with E-state index in [0.717, 1.165) is 41.5 Å². The van der Waals surface area contributed by atoms with Gasteiger partial charge in [0.15, 0.2) is 5.16 Å². The number of hydrogen-bond donors (Lipinski definition) is 1. The first-order chi connectivity index (χ1) is 14.9. The van der Waals surface area contributed by atoms with E-state index in [0.29, 0.717) is 21.8 Å². The van der Waals surface area contributed by atoms with E-state index in [1.807, 2.05) is 26.0 Å². The maximum Gasteiger partial charge on any atom is 0.267 e. The lowest BCUT2D eigenvalue weighted by Crippen LogP contribution is -2.33. The van der Waals surface area contributed by atoms with Gasteiger partial charge >= 0.3 is 0 Å². The van der Waals surface area contributed by atoms with Crippen molar-refractivity contribution in [1.82, 2.24) is 14.9 Å². The summed E-state index contributed by atoms with van der Waals surface area (Å²) < 4.78 is 1.63. The van der Waals surface area contributed by atoms with E-state index < -0.39 is 0 Å². The minimum absolute atomic E-state index is 0.0596. The standard InChI is InChI=1S/C23H26ClN3O2S2/c1-4-14(3)25-19(28)12-30-23-26-21-20(17-10-5-13(2)11-18(17)31-21)22(29)27(23)16-8-6-15(24)7-9-16/h6-9,13-14H,4-5,10-12H2,1-3H3,(H,25,28). The van der Waals surface area contributed by atoms with Gasteiger partial charge < -0.3 is 5.32 Å². The smallest absolute Gasteiger partial charge is 0.267 e. The number of rotatable bonds is 6. The van der Waals surface area contributed by atoms with Crippen LogP contribution in [0, 0.1) is 5.92 Å². The number of fused-ring (bicyclic) bond motifs is 3. The Morgan fingerprint density at radius 3 is 2.84 bits per heavy atom. The van der Waals surface area contributed by atoms with Gasteiger partial charge in [0.1, 0.15) is 4.83 Å². The van der Waals surface area contributed by atoms with Crippen LogP contribution in [0.5, 0.6) is 0 Å². The van der Waals surface area contributed by atoms with Crippen LogP contribution in [0.15, 0.2) is 34.2 Å². The highest BCUT2D eigenvalue weighted by molar-refractivity contribution is 7.99. The van der Waals surface area contributed by atoms with Crippen LogP contribution in [-0.4, -0.2) is 27.3 Å². The lowest BCUT2D eigenvalue weighted by molar-refractivity contribution is -0.119. The monoisotopic (exact) mass is 475 g/mol. The minimum Gasteiger partial charge on any atom is -0.353 e. The number of aromatic nitrogens is 2. The topological polar surface area (TPSA) is 64.0 Å². The number of carbonyl (C=O) groups is 1. The highest BCUT2D eigenvalue weighted by Gasteiger charge is 2.25. The van der Waals surface area contributed by atoms with Gasteiger partial charge in [-0.15, -0.1) is 11.3 Å². The van der Waals surface area contributed by atoms with Gasteiger partial charge in [0.05, 0.1) is 16.8 Å². The molecule has 8 heteroatoms. The second-order valence-corrected chi connectivity index (χ2v) is 10.7. The third kappa shape index (κ3) is 4.69. The molecule has 1 amide bonds. The summed E-state index contributed by atoms with van der Waals surface area (Å²) in [6.45, 7) is 6.27. The summed E-state index contributed by atoms with van der Waals surface area (Å²) in [5.74, 6) is 0.769. The zero-order valence-electron chi connectivity index (χ0n) is 17.9. The fourth-order valence-electron chi connectivity index (χ4n) is 3.83. The summed E-state index contributed by atoms with van der Waals surface area (Å²) >= 11 is 8.99.